The van der Waals surface area contributed by atoms with Crippen molar-refractivity contribution in [1.29, 1.82) is 0 Å². The van der Waals surface area contributed by atoms with Gasteiger partial charge in [-0.15, -0.1) is 0 Å². The molecule has 0 radical (unpaired) electrons. The van der Waals surface area contributed by atoms with Gasteiger partial charge in [-0.1, -0.05) is 36.0 Å². The number of phenolic OH excluding ortho intramolecular Hbond substituents is 1. The molecule has 0 amide bonds. The topological polar surface area (TPSA) is 119 Å². The molecule has 8 rings (SSSR count). The Bertz CT molecular complexity index is 1740. The summed E-state index contributed by atoms with van der Waals surface area (Å²) in [6.45, 7) is 17.7. The lowest BCUT2D eigenvalue weighted by molar-refractivity contribution is -0.171. The second kappa shape index (κ2) is 9.69. The van der Waals surface area contributed by atoms with E-state index in [1.165, 1.54) is 13.0 Å². The summed E-state index contributed by atoms with van der Waals surface area (Å²) in [6.07, 6.45) is 8.47. The maximum atomic E-state index is 15.0. The molecule has 46 heavy (non-hydrogen) atoms. The molecule has 4 aliphatic carbocycles. The van der Waals surface area contributed by atoms with Crippen LogP contribution in [0.4, 0.5) is 0 Å². The summed E-state index contributed by atoms with van der Waals surface area (Å²) < 4.78 is 20.8. The molecule has 3 aliphatic heterocycles. The van der Waals surface area contributed by atoms with Gasteiger partial charge < -0.3 is 24.4 Å². The molecule has 1 saturated heterocycles. The number of benzene rings is 1. The number of phenols is 1. The SMILES string of the molecule is C=C(C)C1CC[C@]2(C)C[C@H]1c1c(O)c3c(c(CC=C(C)C)c1O2)OC12C(=C[C@@H]4CC1C(C)(C)OC2(C/C=C(\C)C(=O)O)C4=O)C3=O. The average molecular weight is 629 g/mol. The molecule has 1 aromatic rings. The molecular formula is C38H44O8. The van der Waals surface area contributed by atoms with Gasteiger partial charge in [0.25, 0.3) is 0 Å². The standard InChI is InChI=1S/C38H44O8/c1-18(2)9-10-23-31-27(24-17-36(8,44-31)13-12-22(24)19(3)4)30(40)28-29(39)25-15-21-16-26-35(6,7)46-37(33(21)41,14-11-20(5)34(42)43)38(25,26)45-32(23)28/h9,11,15,21-22,24,26,40H,3,10,12-14,16-17H2,1-2,4-8H3,(H,42,43)/b20-11+/t21-,22?,24-,26?,36-,37?,38?/m1/s1. The van der Waals surface area contributed by atoms with E-state index in [0.717, 1.165) is 24.0 Å². The third-order valence-electron chi connectivity index (χ3n) is 11.8. The zero-order valence-corrected chi connectivity index (χ0v) is 27.8. The number of fused-ring (bicyclic) bond motifs is 5. The van der Waals surface area contributed by atoms with Gasteiger partial charge >= 0.3 is 5.97 Å². The Morgan fingerprint density at radius 3 is 2.46 bits per heavy atom. The van der Waals surface area contributed by atoms with Crippen molar-refractivity contribution in [2.45, 2.75) is 115 Å². The molecule has 7 atom stereocenters. The Morgan fingerprint density at radius 1 is 1.09 bits per heavy atom. The van der Waals surface area contributed by atoms with Crippen molar-refractivity contribution in [3.8, 4) is 17.2 Å². The average Bonchev–Trinajstić information content (AvgIpc) is 3.11. The van der Waals surface area contributed by atoms with E-state index in [9.17, 15) is 24.6 Å². The van der Waals surface area contributed by atoms with E-state index in [2.05, 4.69) is 19.6 Å². The zero-order valence-electron chi connectivity index (χ0n) is 27.8. The number of carboxylic acids is 1. The van der Waals surface area contributed by atoms with Gasteiger partial charge in [0.1, 0.15) is 28.4 Å². The molecule has 1 aromatic carbocycles. The minimum absolute atomic E-state index is 0.0580. The van der Waals surface area contributed by atoms with Crippen molar-refractivity contribution in [3.05, 3.63) is 63.8 Å². The number of aliphatic carboxylic acids is 1. The Labute approximate surface area is 270 Å². The second-order valence-electron chi connectivity index (χ2n) is 15.5. The van der Waals surface area contributed by atoms with Crippen LogP contribution < -0.4 is 9.47 Å². The monoisotopic (exact) mass is 628 g/mol. The van der Waals surface area contributed by atoms with Crippen LogP contribution in [0.5, 0.6) is 17.2 Å². The van der Waals surface area contributed by atoms with Crippen molar-refractivity contribution in [1.82, 2.24) is 0 Å². The first kappa shape index (κ1) is 31.0. The van der Waals surface area contributed by atoms with E-state index in [1.54, 1.807) is 6.08 Å². The highest BCUT2D eigenvalue weighted by molar-refractivity contribution is 6.18. The van der Waals surface area contributed by atoms with Crippen molar-refractivity contribution in [3.63, 3.8) is 0 Å². The first-order valence-corrected chi connectivity index (χ1v) is 16.5. The van der Waals surface area contributed by atoms with Gasteiger partial charge in [0.05, 0.1) is 5.60 Å². The van der Waals surface area contributed by atoms with Crippen LogP contribution in [0, 0.1) is 17.8 Å². The van der Waals surface area contributed by atoms with E-state index < -0.39 is 34.3 Å². The number of carbonyl (C=O) groups excluding carboxylic acids is 2. The van der Waals surface area contributed by atoms with Crippen LogP contribution in [-0.4, -0.2) is 50.2 Å². The maximum absolute atomic E-state index is 15.0. The largest absolute Gasteiger partial charge is 0.507 e. The number of Topliss-reactive ketones (excluding diaryl/α,β-unsaturated/α-hetero) is 2. The van der Waals surface area contributed by atoms with Crippen molar-refractivity contribution in [2.24, 2.45) is 17.8 Å². The van der Waals surface area contributed by atoms with Gasteiger partial charge in [0.2, 0.25) is 0 Å². The molecule has 3 heterocycles. The Hall–Kier alpha value is -3.65. The molecule has 7 aliphatic rings. The van der Waals surface area contributed by atoms with Gasteiger partial charge in [0, 0.05) is 46.4 Å². The fraction of sp³-hybridized carbons (Fsp3) is 0.553. The molecular weight excluding hydrogens is 584 g/mol. The lowest BCUT2D eigenvalue weighted by atomic mass is 9.51. The molecule has 1 spiro atoms. The Kier molecular flexibility index (Phi) is 6.53. The van der Waals surface area contributed by atoms with Crippen LogP contribution in [0.15, 0.2) is 47.1 Å². The highest BCUT2D eigenvalue weighted by Crippen LogP contribution is 2.69. The molecule has 2 N–H and O–H groups in total. The molecule has 6 bridgehead atoms. The Morgan fingerprint density at radius 2 is 1.80 bits per heavy atom. The van der Waals surface area contributed by atoms with Crippen LogP contribution in [0.25, 0.3) is 0 Å². The van der Waals surface area contributed by atoms with Crippen LogP contribution in [0.2, 0.25) is 0 Å². The number of carboxylic acid groups (broad SMARTS) is 1. The van der Waals surface area contributed by atoms with Crippen molar-refractivity contribution in [2.75, 3.05) is 0 Å². The van der Waals surface area contributed by atoms with Gasteiger partial charge in [-0.2, -0.15) is 0 Å². The molecule has 8 heteroatoms. The van der Waals surface area contributed by atoms with Gasteiger partial charge in [-0.25, -0.2) is 4.79 Å². The number of ether oxygens (including phenoxy) is 3. The summed E-state index contributed by atoms with van der Waals surface area (Å²) in [6, 6.07) is 0. The third kappa shape index (κ3) is 3.85. The summed E-state index contributed by atoms with van der Waals surface area (Å²) in [7, 11) is 0. The van der Waals surface area contributed by atoms with Crippen molar-refractivity contribution < 1.29 is 38.8 Å². The number of carbonyl (C=O) groups is 3. The van der Waals surface area contributed by atoms with E-state index in [0.29, 0.717) is 41.7 Å². The molecule has 4 unspecified atom stereocenters. The fourth-order valence-corrected chi connectivity index (χ4v) is 9.66. The van der Waals surface area contributed by atoms with Gasteiger partial charge in [0.15, 0.2) is 22.8 Å². The summed E-state index contributed by atoms with van der Waals surface area (Å²) in [5, 5.41) is 21.8. The number of hydrogen-bond donors (Lipinski definition) is 2. The highest BCUT2D eigenvalue weighted by atomic mass is 16.6. The van der Waals surface area contributed by atoms with Crippen LogP contribution in [0.3, 0.4) is 0 Å². The normalized spacial score (nSPS) is 36.1. The van der Waals surface area contributed by atoms with Crippen LogP contribution in [0.1, 0.15) is 108 Å². The zero-order chi connectivity index (χ0) is 33.3. The quantitative estimate of drug-likeness (QED) is 0.257. The first-order chi connectivity index (χ1) is 21.5. The number of rotatable bonds is 6. The molecule has 244 valence electrons. The molecule has 0 aromatic heterocycles. The van der Waals surface area contributed by atoms with Gasteiger partial charge in [-0.05, 0) is 86.5 Å². The summed E-state index contributed by atoms with van der Waals surface area (Å²) in [5.74, 6) is -1.93. The molecule has 3 fully saturated rings. The Balaban J connectivity index is 1.52. The predicted molar refractivity (Wildman–Crippen MR) is 171 cm³/mol. The minimum Gasteiger partial charge on any atom is -0.507 e. The van der Waals surface area contributed by atoms with Crippen LogP contribution >= 0.6 is 0 Å². The lowest BCUT2D eigenvalue weighted by Crippen LogP contribution is -2.72. The smallest absolute Gasteiger partial charge is 0.330 e. The first-order valence-electron chi connectivity index (χ1n) is 16.5. The van der Waals surface area contributed by atoms with E-state index >= 15 is 0 Å². The van der Waals surface area contributed by atoms with Crippen LogP contribution in [-0.2, 0) is 20.7 Å². The fourth-order valence-electron chi connectivity index (χ4n) is 9.66. The number of ketones is 2. The van der Waals surface area contributed by atoms with Crippen molar-refractivity contribution >= 4 is 17.5 Å². The summed E-state index contributed by atoms with van der Waals surface area (Å²) in [5.41, 5.74) is -0.519. The maximum Gasteiger partial charge on any atom is 0.330 e. The second-order valence-corrected chi connectivity index (χ2v) is 15.5. The van der Waals surface area contributed by atoms with E-state index in [1.807, 2.05) is 34.6 Å². The van der Waals surface area contributed by atoms with E-state index in [-0.39, 0.29) is 58.4 Å². The molecule has 2 saturated carbocycles. The third-order valence-corrected chi connectivity index (χ3v) is 11.8. The summed E-state index contributed by atoms with van der Waals surface area (Å²) in [4.78, 5) is 41.1. The minimum atomic E-state index is -1.62. The van der Waals surface area contributed by atoms with Gasteiger partial charge in [-0.3, -0.25) is 9.59 Å². The number of hydrogen-bond acceptors (Lipinski definition) is 7. The highest BCUT2D eigenvalue weighted by Gasteiger charge is 2.81. The number of allylic oxidation sites excluding steroid dienone is 4. The number of aromatic hydroxyl groups is 1. The summed E-state index contributed by atoms with van der Waals surface area (Å²) >= 11 is 0. The molecule has 8 nitrogen and oxygen atoms in total. The predicted octanol–water partition coefficient (Wildman–Crippen LogP) is 6.94. The lowest BCUT2D eigenvalue weighted by Gasteiger charge is -2.56. The van der Waals surface area contributed by atoms with E-state index in [4.69, 9.17) is 14.2 Å².